The van der Waals surface area contributed by atoms with Gasteiger partial charge in [-0.3, -0.25) is 4.72 Å². The molecule has 0 amide bonds. The van der Waals surface area contributed by atoms with E-state index in [1.165, 1.54) is 13.2 Å². The zero-order chi connectivity index (χ0) is 16.5. The van der Waals surface area contributed by atoms with Gasteiger partial charge in [0, 0.05) is 0 Å². The topological polar surface area (TPSA) is 72.5 Å². The number of esters is 1. The summed E-state index contributed by atoms with van der Waals surface area (Å²) in [6.07, 6.45) is 0. The number of anilines is 1. The molecule has 1 N–H and O–H groups in total. The SMILES string of the molecule is COC(=O)c1sc(NS(=O)(=O)c2ccc(F)c(F)c2)cc1C. The predicted octanol–water partition coefficient (Wildman–Crippen LogP) is 2.92. The maximum absolute atomic E-state index is 13.1. The first-order valence-corrected chi connectivity index (χ1v) is 8.21. The maximum Gasteiger partial charge on any atom is 0.348 e. The van der Waals surface area contributed by atoms with Crippen LogP contribution in [0.15, 0.2) is 29.2 Å². The molecule has 0 atom stereocenters. The average molecular weight is 347 g/mol. The van der Waals surface area contributed by atoms with E-state index in [0.29, 0.717) is 11.6 Å². The van der Waals surface area contributed by atoms with E-state index >= 15 is 0 Å². The fourth-order valence-electron chi connectivity index (χ4n) is 1.66. The van der Waals surface area contributed by atoms with Gasteiger partial charge in [0.15, 0.2) is 11.6 Å². The van der Waals surface area contributed by atoms with E-state index in [1.807, 2.05) is 0 Å². The number of aryl methyl sites for hydroxylation is 1. The van der Waals surface area contributed by atoms with Crippen LogP contribution >= 0.6 is 11.3 Å². The van der Waals surface area contributed by atoms with Crippen LogP contribution in [0.2, 0.25) is 0 Å². The largest absolute Gasteiger partial charge is 0.465 e. The molecule has 0 radical (unpaired) electrons. The van der Waals surface area contributed by atoms with Crippen molar-refractivity contribution in [2.75, 3.05) is 11.8 Å². The van der Waals surface area contributed by atoms with Crippen molar-refractivity contribution >= 4 is 32.3 Å². The first kappa shape index (κ1) is 16.4. The number of carbonyl (C=O) groups is 1. The summed E-state index contributed by atoms with van der Waals surface area (Å²) in [5, 5.41) is 0.169. The third kappa shape index (κ3) is 3.25. The number of ether oxygens (including phenoxy) is 1. The van der Waals surface area contributed by atoms with Gasteiger partial charge in [0.2, 0.25) is 0 Å². The summed E-state index contributed by atoms with van der Waals surface area (Å²) >= 11 is 0.888. The molecule has 5 nitrogen and oxygen atoms in total. The lowest BCUT2D eigenvalue weighted by molar-refractivity contribution is 0.0605. The van der Waals surface area contributed by atoms with Gasteiger partial charge in [0.25, 0.3) is 10.0 Å². The van der Waals surface area contributed by atoms with Crippen LogP contribution < -0.4 is 4.72 Å². The number of sulfonamides is 1. The lowest BCUT2D eigenvalue weighted by Gasteiger charge is -2.06. The third-order valence-electron chi connectivity index (χ3n) is 2.72. The van der Waals surface area contributed by atoms with Gasteiger partial charge in [-0.05, 0) is 36.8 Å². The number of hydrogen-bond acceptors (Lipinski definition) is 5. The van der Waals surface area contributed by atoms with Crippen molar-refractivity contribution in [2.24, 2.45) is 0 Å². The van der Waals surface area contributed by atoms with E-state index in [0.717, 1.165) is 23.5 Å². The maximum atomic E-state index is 13.1. The molecule has 0 aliphatic carbocycles. The van der Waals surface area contributed by atoms with Crippen LogP contribution in [0.3, 0.4) is 0 Å². The van der Waals surface area contributed by atoms with Gasteiger partial charge in [-0.25, -0.2) is 22.0 Å². The van der Waals surface area contributed by atoms with E-state index in [9.17, 15) is 22.0 Å². The molecule has 22 heavy (non-hydrogen) atoms. The first-order valence-electron chi connectivity index (χ1n) is 5.91. The smallest absolute Gasteiger partial charge is 0.348 e. The molecule has 1 aromatic heterocycles. The number of carbonyl (C=O) groups excluding carboxylic acids is 1. The Balaban J connectivity index is 2.33. The molecule has 2 aromatic rings. The first-order chi connectivity index (χ1) is 10.2. The van der Waals surface area contributed by atoms with Crippen LogP contribution in [0.1, 0.15) is 15.2 Å². The Morgan fingerprint density at radius 1 is 1.23 bits per heavy atom. The van der Waals surface area contributed by atoms with Gasteiger partial charge in [-0.2, -0.15) is 0 Å². The van der Waals surface area contributed by atoms with Gasteiger partial charge >= 0.3 is 5.97 Å². The van der Waals surface area contributed by atoms with Crippen molar-refractivity contribution in [2.45, 2.75) is 11.8 Å². The van der Waals surface area contributed by atoms with E-state index < -0.39 is 32.5 Å². The predicted molar refractivity (Wildman–Crippen MR) is 77.6 cm³/mol. The molecule has 0 aliphatic heterocycles. The van der Waals surface area contributed by atoms with Crippen molar-refractivity contribution in [1.29, 1.82) is 0 Å². The van der Waals surface area contributed by atoms with Crippen LogP contribution in [0, 0.1) is 18.6 Å². The fourth-order valence-corrected chi connectivity index (χ4v) is 3.95. The molecule has 2 rings (SSSR count). The Morgan fingerprint density at radius 3 is 2.50 bits per heavy atom. The molecule has 0 fully saturated rings. The zero-order valence-electron chi connectivity index (χ0n) is 11.5. The Bertz CT molecular complexity index is 831. The van der Waals surface area contributed by atoms with Crippen molar-refractivity contribution in [1.82, 2.24) is 0 Å². The van der Waals surface area contributed by atoms with Gasteiger partial charge in [-0.1, -0.05) is 0 Å². The number of rotatable bonds is 4. The number of methoxy groups -OCH3 is 1. The van der Waals surface area contributed by atoms with Gasteiger partial charge in [-0.15, -0.1) is 11.3 Å². The molecule has 0 bridgehead atoms. The number of thiophene rings is 1. The molecule has 118 valence electrons. The van der Waals surface area contributed by atoms with Crippen LogP contribution in [-0.2, 0) is 14.8 Å². The van der Waals surface area contributed by atoms with E-state index in [4.69, 9.17) is 0 Å². The molecule has 0 spiro atoms. The van der Waals surface area contributed by atoms with Gasteiger partial charge < -0.3 is 4.74 Å². The normalized spacial score (nSPS) is 11.3. The molecular weight excluding hydrogens is 336 g/mol. The van der Waals surface area contributed by atoms with E-state index in [2.05, 4.69) is 9.46 Å². The summed E-state index contributed by atoms with van der Waals surface area (Å²) < 4.78 is 57.0. The zero-order valence-corrected chi connectivity index (χ0v) is 13.1. The lowest BCUT2D eigenvalue weighted by Crippen LogP contribution is -2.12. The number of hydrogen-bond donors (Lipinski definition) is 1. The second kappa shape index (κ2) is 6.01. The van der Waals surface area contributed by atoms with Gasteiger partial charge in [0.05, 0.1) is 12.0 Å². The third-order valence-corrected chi connectivity index (χ3v) is 5.35. The number of nitrogens with one attached hydrogen (secondary N) is 1. The molecule has 0 saturated heterocycles. The number of halogens is 2. The summed E-state index contributed by atoms with van der Waals surface area (Å²) in [5.74, 6) is -2.99. The van der Waals surface area contributed by atoms with Crippen LogP contribution in [-0.4, -0.2) is 21.5 Å². The summed E-state index contributed by atoms with van der Waals surface area (Å²) in [4.78, 5) is 11.3. The average Bonchev–Trinajstić information content (AvgIpc) is 2.80. The molecule has 0 saturated carbocycles. The highest BCUT2D eigenvalue weighted by Crippen LogP contribution is 2.29. The minimum atomic E-state index is -4.09. The number of benzene rings is 1. The van der Waals surface area contributed by atoms with Crippen LogP contribution in [0.5, 0.6) is 0 Å². The highest BCUT2D eigenvalue weighted by molar-refractivity contribution is 7.93. The monoisotopic (exact) mass is 347 g/mol. The van der Waals surface area contributed by atoms with E-state index in [1.54, 1.807) is 6.92 Å². The highest BCUT2D eigenvalue weighted by atomic mass is 32.2. The summed E-state index contributed by atoms with van der Waals surface area (Å²) in [7, 11) is -2.87. The van der Waals surface area contributed by atoms with E-state index in [-0.39, 0.29) is 9.88 Å². The Morgan fingerprint density at radius 2 is 1.91 bits per heavy atom. The van der Waals surface area contributed by atoms with Crippen molar-refractivity contribution in [3.63, 3.8) is 0 Å². The Hall–Kier alpha value is -2.00. The molecule has 1 aromatic carbocycles. The quantitative estimate of drug-likeness (QED) is 0.863. The summed E-state index contributed by atoms with van der Waals surface area (Å²) in [6, 6.07) is 3.71. The Kier molecular flexibility index (Phi) is 4.47. The Labute approximate surface area is 129 Å². The molecular formula is C13H11F2NO4S2. The molecule has 0 aliphatic rings. The minimum absolute atomic E-state index is 0.169. The standard InChI is InChI=1S/C13H11F2NO4S2/c1-7-5-11(21-12(7)13(17)20-2)16-22(18,19)8-3-4-9(14)10(15)6-8/h3-6,16H,1-2H3. The van der Waals surface area contributed by atoms with Crippen molar-refractivity contribution < 1.29 is 26.7 Å². The second-order valence-corrected chi connectivity index (χ2v) is 7.03. The molecule has 0 unspecified atom stereocenters. The highest BCUT2D eigenvalue weighted by Gasteiger charge is 2.20. The second-order valence-electron chi connectivity index (χ2n) is 4.30. The van der Waals surface area contributed by atoms with Crippen molar-refractivity contribution in [3.8, 4) is 0 Å². The molecule has 1 heterocycles. The van der Waals surface area contributed by atoms with Crippen LogP contribution in [0.25, 0.3) is 0 Å². The molecule has 9 heteroatoms. The fraction of sp³-hybridized carbons (Fsp3) is 0.154. The minimum Gasteiger partial charge on any atom is -0.465 e. The van der Waals surface area contributed by atoms with Crippen molar-refractivity contribution in [3.05, 3.63) is 46.3 Å². The summed E-state index contributed by atoms with van der Waals surface area (Å²) in [6.45, 7) is 1.62. The van der Waals surface area contributed by atoms with Gasteiger partial charge in [0.1, 0.15) is 9.88 Å². The van der Waals surface area contributed by atoms with Crippen LogP contribution in [0.4, 0.5) is 13.8 Å². The lowest BCUT2D eigenvalue weighted by atomic mass is 10.3. The summed E-state index contributed by atoms with van der Waals surface area (Å²) in [5.41, 5.74) is 0.542.